The first-order chi connectivity index (χ1) is 6.73. The Kier molecular flexibility index (Phi) is 2.42. The molecular formula is C11H17N3. The lowest BCUT2D eigenvalue weighted by molar-refractivity contribution is 0.572. The third kappa shape index (κ3) is 2.04. The second-order valence-electron chi connectivity index (χ2n) is 4.16. The van der Waals surface area contributed by atoms with Crippen LogP contribution in [0.2, 0.25) is 0 Å². The average Bonchev–Trinajstić information content (AvgIpc) is 2.75. The van der Waals surface area contributed by atoms with Crippen LogP contribution in [0.25, 0.3) is 0 Å². The number of nitrogens with two attached hydrogens (primary N) is 1. The molecule has 0 amide bonds. The van der Waals surface area contributed by atoms with Crippen LogP contribution in [0.4, 0.5) is 0 Å². The monoisotopic (exact) mass is 191 g/mol. The molecule has 14 heavy (non-hydrogen) atoms. The number of nitrogens with zero attached hydrogens (tertiary/aromatic N) is 2. The number of aromatic nitrogens is 2. The maximum atomic E-state index is 6.04. The van der Waals surface area contributed by atoms with Gasteiger partial charge in [-0.1, -0.05) is 6.08 Å². The van der Waals surface area contributed by atoms with E-state index in [1.54, 1.807) is 0 Å². The highest BCUT2D eigenvalue weighted by Gasteiger charge is 2.37. The molecule has 76 valence electrons. The first-order valence-electron chi connectivity index (χ1n) is 5.14. The summed E-state index contributed by atoms with van der Waals surface area (Å²) in [5.74, 6) is 0. The predicted octanol–water partition coefficient (Wildman–Crippen LogP) is 1.49. The van der Waals surface area contributed by atoms with Crippen molar-refractivity contribution < 1.29 is 0 Å². The van der Waals surface area contributed by atoms with Crippen molar-refractivity contribution in [3.8, 4) is 0 Å². The van der Waals surface area contributed by atoms with E-state index in [-0.39, 0.29) is 5.54 Å². The molecule has 0 aliphatic heterocycles. The zero-order valence-corrected chi connectivity index (χ0v) is 8.45. The van der Waals surface area contributed by atoms with Crippen molar-refractivity contribution in [2.24, 2.45) is 5.73 Å². The fourth-order valence-electron chi connectivity index (χ4n) is 1.65. The van der Waals surface area contributed by atoms with Crippen molar-refractivity contribution in [3.63, 3.8) is 0 Å². The first kappa shape index (κ1) is 9.46. The lowest BCUT2D eigenvalue weighted by Gasteiger charge is -2.09. The van der Waals surface area contributed by atoms with Crippen LogP contribution in [0.15, 0.2) is 24.9 Å². The van der Waals surface area contributed by atoms with E-state index in [0.29, 0.717) is 0 Å². The van der Waals surface area contributed by atoms with Crippen LogP contribution in [0.1, 0.15) is 25.0 Å². The summed E-state index contributed by atoms with van der Waals surface area (Å²) in [5.41, 5.74) is 7.44. The predicted molar refractivity (Wildman–Crippen MR) is 56.9 cm³/mol. The first-order valence-corrected chi connectivity index (χ1v) is 5.14. The van der Waals surface area contributed by atoms with Crippen LogP contribution in [0.5, 0.6) is 0 Å². The van der Waals surface area contributed by atoms with E-state index in [1.165, 1.54) is 18.5 Å². The highest BCUT2D eigenvalue weighted by molar-refractivity contribution is 5.06. The molecule has 1 heterocycles. The molecule has 0 aromatic carbocycles. The molecule has 0 atom stereocenters. The normalized spacial score (nSPS) is 18.1. The summed E-state index contributed by atoms with van der Waals surface area (Å²) in [6.07, 6.45) is 8.19. The highest BCUT2D eigenvalue weighted by atomic mass is 15.3. The minimum Gasteiger partial charge on any atom is -0.325 e. The van der Waals surface area contributed by atoms with Crippen LogP contribution in [0, 0.1) is 0 Å². The van der Waals surface area contributed by atoms with Crippen LogP contribution in [-0.4, -0.2) is 15.3 Å². The zero-order chi connectivity index (χ0) is 10.0. The zero-order valence-electron chi connectivity index (χ0n) is 8.45. The lowest BCUT2D eigenvalue weighted by Crippen LogP contribution is -2.22. The summed E-state index contributed by atoms with van der Waals surface area (Å²) in [5, 5.41) is 4.23. The van der Waals surface area contributed by atoms with Crippen LogP contribution >= 0.6 is 0 Å². The molecule has 1 aromatic heterocycles. The maximum absolute atomic E-state index is 6.04. The number of hydrogen-bond donors (Lipinski definition) is 1. The Balaban J connectivity index is 1.94. The standard InChI is InChI=1S/C11H17N3/c1-2-9-14-10(4-8-13-14)3-5-11(12)6-7-11/h2,4,8H,1,3,5-7,9,12H2. The van der Waals surface area contributed by atoms with Gasteiger partial charge in [0.05, 0.1) is 6.54 Å². The molecule has 2 N–H and O–H groups in total. The van der Waals surface area contributed by atoms with E-state index in [0.717, 1.165) is 19.4 Å². The largest absolute Gasteiger partial charge is 0.325 e. The molecule has 1 aliphatic rings. The molecule has 1 saturated carbocycles. The number of aryl methyl sites for hydroxylation is 1. The van der Waals surface area contributed by atoms with Gasteiger partial charge < -0.3 is 5.73 Å². The van der Waals surface area contributed by atoms with Crippen LogP contribution in [0.3, 0.4) is 0 Å². The molecule has 3 heteroatoms. The average molecular weight is 191 g/mol. The van der Waals surface area contributed by atoms with Gasteiger partial charge >= 0.3 is 0 Å². The Hall–Kier alpha value is -1.09. The third-order valence-electron chi connectivity index (χ3n) is 2.88. The second-order valence-corrected chi connectivity index (χ2v) is 4.16. The van der Waals surface area contributed by atoms with Crippen molar-refractivity contribution in [1.29, 1.82) is 0 Å². The van der Waals surface area contributed by atoms with Gasteiger partial charge in [-0.15, -0.1) is 6.58 Å². The summed E-state index contributed by atoms with van der Waals surface area (Å²) in [4.78, 5) is 0. The molecule has 3 nitrogen and oxygen atoms in total. The molecule has 2 rings (SSSR count). The lowest BCUT2D eigenvalue weighted by atomic mass is 10.1. The van der Waals surface area contributed by atoms with E-state index < -0.39 is 0 Å². The van der Waals surface area contributed by atoms with Crippen LogP contribution < -0.4 is 5.73 Å². The highest BCUT2D eigenvalue weighted by Crippen LogP contribution is 2.36. The minimum atomic E-state index is 0.142. The Morgan fingerprint density at radius 1 is 1.64 bits per heavy atom. The van der Waals surface area contributed by atoms with Crippen molar-refractivity contribution in [2.75, 3.05) is 0 Å². The molecule has 0 saturated heterocycles. The number of allylic oxidation sites excluding steroid dienone is 1. The minimum absolute atomic E-state index is 0.142. The van der Waals surface area contributed by atoms with Gasteiger partial charge in [-0.3, -0.25) is 4.68 Å². The van der Waals surface area contributed by atoms with Gasteiger partial charge in [-0.05, 0) is 31.7 Å². The van der Waals surface area contributed by atoms with Crippen molar-refractivity contribution in [2.45, 2.75) is 37.8 Å². The number of hydrogen-bond acceptors (Lipinski definition) is 2. The third-order valence-corrected chi connectivity index (χ3v) is 2.88. The Morgan fingerprint density at radius 3 is 3.07 bits per heavy atom. The van der Waals surface area contributed by atoms with Gasteiger partial charge in [-0.25, -0.2) is 0 Å². The molecule has 1 fully saturated rings. The molecule has 0 radical (unpaired) electrons. The summed E-state index contributed by atoms with van der Waals surface area (Å²) in [6.45, 7) is 4.50. The van der Waals surface area contributed by atoms with Crippen molar-refractivity contribution in [1.82, 2.24) is 9.78 Å². The van der Waals surface area contributed by atoms with Gasteiger partial charge in [0.1, 0.15) is 0 Å². The summed E-state index contributed by atoms with van der Waals surface area (Å²) < 4.78 is 1.98. The van der Waals surface area contributed by atoms with E-state index in [4.69, 9.17) is 5.73 Å². The topological polar surface area (TPSA) is 43.8 Å². The van der Waals surface area contributed by atoms with Gasteiger partial charge in [0, 0.05) is 17.4 Å². The van der Waals surface area contributed by atoms with Crippen molar-refractivity contribution >= 4 is 0 Å². The number of rotatable bonds is 5. The molecule has 0 unspecified atom stereocenters. The van der Waals surface area contributed by atoms with Gasteiger partial charge in [0.15, 0.2) is 0 Å². The fourth-order valence-corrected chi connectivity index (χ4v) is 1.65. The smallest absolute Gasteiger partial charge is 0.0590 e. The summed E-state index contributed by atoms with van der Waals surface area (Å²) >= 11 is 0. The molecule has 1 aliphatic carbocycles. The Bertz CT molecular complexity index is 323. The van der Waals surface area contributed by atoms with E-state index in [1.807, 2.05) is 17.0 Å². The quantitative estimate of drug-likeness (QED) is 0.717. The summed E-state index contributed by atoms with van der Waals surface area (Å²) in [6, 6.07) is 2.06. The van der Waals surface area contributed by atoms with Gasteiger partial charge in [-0.2, -0.15) is 5.10 Å². The Labute approximate surface area is 84.6 Å². The molecule has 0 bridgehead atoms. The van der Waals surface area contributed by atoms with E-state index in [2.05, 4.69) is 17.7 Å². The fraction of sp³-hybridized carbons (Fsp3) is 0.545. The van der Waals surface area contributed by atoms with Crippen LogP contribution in [-0.2, 0) is 13.0 Å². The van der Waals surface area contributed by atoms with E-state index >= 15 is 0 Å². The molecular weight excluding hydrogens is 174 g/mol. The summed E-state index contributed by atoms with van der Waals surface area (Å²) in [7, 11) is 0. The molecule has 1 aromatic rings. The Morgan fingerprint density at radius 2 is 2.43 bits per heavy atom. The second kappa shape index (κ2) is 3.58. The van der Waals surface area contributed by atoms with E-state index in [9.17, 15) is 0 Å². The van der Waals surface area contributed by atoms with Gasteiger partial charge in [0.25, 0.3) is 0 Å². The molecule has 0 spiro atoms. The maximum Gasteiger partial charge on any atom is 0.0590 e. The van der Waals surface area contributed by atoms with Crippen molar-refractivity contribution in [3.05, 3.63) is 30.6 Å². The SMILES string of the molecule is C=CCn1nccc1CCC1(N)CC1. The van der Waals surface area contributed by atoms with Gasteiger partial charge in [0.2, 0.25) is 0 Å².